The average molecular weight is 250 g/mol. The van der Waals surface area contributed by atoms with Crippen LogP contribution < -0.4 is 16.2 Å². The van der Waals surface area contributed by atoms with Gasteiger partial charge in [-0.05, 0) is 30.5 Å². The van der Waals surface area contributed by atoms with Crippen molar-refractivity contribution in [2.75, 3.05) is 7.11 Å². The van der Waals surface area contributed by atoms with Crippen molar-refractivity contribution in [1.29, 1.82) is 0 Å². The molecule has 5 nitrogen and oxygen atoms in total. The summed E-state index contributed by atoms with van der Waals surface area (Å²) >= 11 is 0. The third kappa shape index (κ3) is 3.49. The van der Waals surface area contributed by atoms with E-state index in [1.54, 1.807) is 18.2 Å². The quantitative estimate of drug-likeness (QED) is 0.659. The molecule has 0 radical (unpaired) electrons. The lowest BCUT2D eigenvalue weighted by atomic mass is 10.0. The van der Waals surface area contributed by atoms with Gasteiger partial charge in [-0.2, -0.15) is 0 Å². The second kappa shape index (κ2) is 6.07. The summed E-state index contributed by atoms with van der Waals surface area (Å²) in [4.78, 5) is 11.1. The van der Waals surface area contributed by atoms with Crippen LogP contribution >= 0.6 is 0 Å². The fourth-order valence-corrected chi connectivity index (χ4v) is 1.58. The third-order valence-electron chi connectivity index (χ3n) is 2.70. The van der Waals surface area contributed by atoms with Crippen LogP contribution in [0.3, 0.4) is 0 Å². The summed E-state index contributed by atoms with van der Waals surface area (Å²) in [5.74, 6) is -0.119. The maximum absolute atomic E-state index is 11.1. The maximum Gasteiger partial charge on any atom is 0.252 e. The van der Waals surface area contributed by atoms with E-state index in [4.69, 9.17) is 21.3 Å². The summed E-state index contributed by atoms with van der Waals surface area (Å²) in [6.07, 6.45) is 1.21. The lowest BCUT2D eigenvalue weighted by molar-refractivity contribution is 0.0997. The molecule has 0 saturated heterocycles. The Bertz CT molecular complexity index is 458. The number of amides is 1. The molecule has 0 spiro atoms. The van der Waals surface area contributed by atoms with E-state index < -0.39 is 11.9 Å². The monoisotopic (exact) mass is 250 g/mol. The molecule has 1 atom stereocenters. The van der Waals surface area contributed by atoms with Gasteiger partial charge in [-0.3, -0.25) is 4.79 Å². The molecule has 0 heterocycles. The molecule has 0 fully saturated rings. The van der Waals surface area contributed by atoms with Crippen molar-refractivity contribution >= 4 is 5.91 Å². The highest BCUT2D eigenvalue weighted by Gasteiger charge is 2.11. The first-order valence-corrected chi connectivity index (χ1v) is 5.55. The minimum atomic E-state index is -0.529. The lowest BCUT2D eigenvalue weighted by Crippen LogP contribution is -2.22. The number of primary amides is 1. The molecule has 1 amide bonds. The van der Waals surface area contributed by atoms with Gasteiger partial charge in [-0.25, -0.2) is 0 Å². The number of hydrogen-bond donors (Lipinski definition) is 3. The Labute approximate surface area is 106 Å². The van der Waals surface area contributed by atoms with E-state index in [2.05, 4.69) is 6.58 Å². The van der Waals surface area contributed by atoms with Gasteiger partial charge in [0.2, 0.25) is 0 Å². The molecule has 5 N–H and O–H groups in total. The second-order valence-electron chi connectivity index (χ2n) is 4.04. The summed E-state index contributed by atoms with van der Waals surface area (Å²) in [5, 5.41) is 9.11. The van der Waals surface area contributed by atoms with Crippen molar-refractivity contribution < 1.29 is 14.6 Å². The number of aliphatic hydroxyl groups is 1. The summed E-state index contributed by atoms with van der Waals surface area (Å²) in [5.41, 5.74) is 12.2. The van der Waals surface area contributed by atoms with Gasteiger partial charge in [0.1, 0.15) is 11.5 Å². The van der Waals surface area contributed by atoms with E-state index in [9.17, 15) is 4.79 Å². The van der Waals surface area contributed by atoms with Gasteiger partial charge in [-0.1, -0.05) is 12.6 Å². The van der Waals surface area contributed by atoms with Crippen LogP contribution in [0, 0.1) is 0 Å². The van der Waals surface area contributed by atoms with Crippen LogP contribution in [0.1, 0.15) is 22.3 Å². The number of carbonyl (C=O) groups excluding carboxylic acids is 1. The van der Waals surface area contributed by atoms with Crippen LogP contribution in [0.5, 0.6) is 5.75 Å². The summed E-state index contributed by atoms with van der Waals surface area (Å²) in [7, 11) is 1.48. The normalized spacial score (nSPS) is 11.9. The van der Waals surface area contributed by atoms with Crippen LogP contribution in [0.4, 0.5) is 0 Å². The number of benzene rings is 1. The largest absolute Gasteiger partial charge is 0.511 e. The molecule has 1 rings (SSSR count). The van der Waals surface area contributed by atoms with Gasteiger partial charge < -0.3 is 21.3 Å². The van der Waals surface area contributed by atoms with E-state index in [0.29, 0.717) is 24.2 Å². The number of aryl methyl sites for hydroxylation is 1. The Kier molecular flexibility index (Phi) is 4.74. The highest BCUT2D eigenvalue weighted by atomic mass is 16.5. The first kappa shape index (κ1) is 14.1. The molecule has 0 aliphatic rings. The van der Waals surface area contributed by atoms with Gasteiger partial charge >= 0.3 is 0 Å². The summed E-state index contributed by atoms with van der Waals surface area (Å²) < 4.78 is 5.10. The summed E-state index contributed by atoms with van der Waals surface area (Å²) in [6, 6.07) is 4.70. The highest BCUT2D eigenvalue weighted by molar-refractivity contribution is 5.95. The zero-order valence-corrected chi connectivity index (χ0v) is 10.3. The molecule has 5 heteroatoms. The van der Waals surface area contributed by atoms with Crippen LogP contribution in [0.25, 0.3) is 0 Å². The SMILES string of the molecule is C=C(O)[C@H](N)CCc1ccc(C(N)=O)c(OC)c1. The van der Waals surface area contributed by atoms with Gasteiger partial charge in [0.15, 0.2) is 0 Å². The predicted octanol–water partition coefficient (Wildman–Crippen LogP) is 1.13. The molecule has 0 unspecified atom stereocenters. The molecule has 0 aliphatic heterocycles. The third-order valence-corrected chi connectivity index (χ3v) is 2.70. The van der Waals surface area contributed by atoms with Crippen molar-refractivity contribution in [3.05, 3.63) is 41.7 Å². The Morgan fingerprint density at radius 1 is 1.56 bits per heavy atom. The molecular weight excluding hydrogens is 232 g/mol. The van der Waals surface area contributed by atoms with Crippen LogP contribution in [0.2, 0.25) is 0 Å². The number of ether oxygens (including phenoxy) is 1. The number of rotatable bonds is 6. The highest BCUT2D eigenvalue weighted by Crippen LogP contribution is 2.21. The van der Waals surface area contributed by atoms with E-state index in [-0.39, 0.29) is 5.76 Å². The number of nitrogens with two attached hydrogens (primary N) is 2. The summed E-state index contributed by atoms with van der Waals surface area (Å²) in [6.45, 7) is 3.38. The van der Waals surface area contributed by atoms with Gasteiger partial charge in [0.25, 0.3) is 5.91 Å². The van der Waals surface area contributed by atoms with Crippen LogP contribution in [-0.2, 0) is 6.42 Å². The van der Waals surface area contributed by atoms with Crippen molar-refractivity contribution in [1.82, 2.24) is 0 Å². The molecule has 1 aromatic rings. The Morgan fingerprint density at radius 2 is 2.22 bits per heavy atom. The van der Waals surface area contributed by atoms with Crippen LogP contribution in [-0.4, -0.2) is 24.2 Å². The average Bonchev–Trinajstić information content (AvgIpc) is 2.34. The molecule has 98 valence electrons. The fourth-order valence-electron chi connectivity index (χ4n) is 1.58. The fraction of sp³-hybridized carbons (Fsp3) is 0.308. The van der Waals surface area contributed by atoms with E-state index in [1.807, 2.05) is 0 Å². The molecule has 0 saturated carbocycles. The number of methoxy groups -OCH3 is 1. The number of hydrogen-bond acceptors (Lipinski definition) is 4. The standard InChI is InChI=1S/C13H18N2O3/c1-8(16)11(14)6-4-9-3-5-10(13(15)17)12(7-9)18-2/h3,5,7,11,16H,1,4,6,14H2,2H3,(H2,15,17)/t11-/m1/s1. The molecule has 18 heavy (non-hydrogen) atoms. The maximum atomic E-state index is 11.1. The molecule has 0 bridgehead atoms. The second-order valence-corrected chi connectivity index (χ2v) is 4.04. The number of carbonyl (C=O) groups is 1. The topological polar surface area (TPSA) is 98.6 Å². The van der Waals surface area contributed by atoms with Gasteiger partial charge in [-0.15, -0.1) is 0 Å². The van der Waals surface area contributed by atoms with Gasteiger partial charge in [0.05, 0.1) is 18.7 Å². The molecule has 0 aliphatic carbocycles. The minimum absolute atomic E-state index is 0.0317. The van der Waals surface area contributed by atoms with Gasteiger partial charge in [0, 0.05) is 0 Å². The van der Waals surface area contributed by atoms with E-state index in [1.165, 1.54) is 7.11 Å². The Hall–Kier alpha value is -2.01. The first-order valence-electron chi connectivity index (χ1n) is 5.55. The lowest BCUT2D eigenvalue weighted by Gasteiger charge is -2.11. The zero-order chi connectivity index (χ0) is 13.7. The minimum Gasteiger partial charge on any atom is -0.511 e. The Morgan fingerprint density at radius 3 is 2.72 bits per heavy atom. The van der Waals surface area contributed by atoms with Crippen molar-refractivity contribution in [2.24, 2.45) is 11.5 Å². The van der Waals surface area contributed by atoms with Crippen molar-refractivity contribution in [3.8, 4) is 5.75 Å². The smallest absolute Gasteiger partial charge is 0.252 e. The van der Waals surface area contributed by atoms with Crippen molar-refractivity contribution in [3.63, 3.8) is 0 Å². The van der Waals surface area contributed by atoms with Crippen molar-refractivity contribution in [2.45, 2.75) is 18.9 Å². The zero-order valence-electron chi connectivity index (χ0n) is 10.3. The first-order chi connectivity index (χ1) is 8.45. The van der Waals surface area contributed by atoms with Crippen LogP contribution in [0.15, 0.2) is 30.5 Å². The molecular formula is C13H18N2O3. The van der Waals surface area contributed by atoms with E-state index in [0.717, 1.165) is 5.56 Å². The predicted molar refractivity (Wildman–Crippen MR) is 69.6 cm³/mol. The van der Waals surface area contributed by atoms with E-state index >= 15 is 0 Å². The number of aliphatic hydroxyl groups excluding tert-OH is 1. The Balaban J connectivity index is 2.80. The molecule has 0 aromatic heterocycles. The molecule has 1 aromatic carbocycles.